The zero-order valence-electron chi connectivity index (χ0n) is 17.7. The quantitative estimate of drug-likeness (QED) is 0.458. The fraction of sp³-hybridized carbons (Fsp3) is 0.480. The van der Waals surface area contributed by atoms with Crippen molar-refractivity contribution in [2.45, 2.75) is 69.5 Å². The maximum Gasteiger partial charge on any atom is 0.316 e. The molecule has 1 saturated carbocycles. The van der Waals surface area contributed by atoms with Gasteiger partial charge < -0.3 is 9.84 Å². The zero-order valence-corrected chi connectivity index (χ0v) is 18.5. The SMILES string of the molecule is Cc1cccc(C)c1OC(=O)[C@H](C)[C@H](O)C1(SCc2ccccc2)CCCCC1. The first-order chi connectivity index (χ1) is 13.9. The first kappa shape index (κ1) is 21.9. The van der Waals surface area contributed by atoms with Crippen LogP contribution in [0.15, 0.2) is 48.5 Å². The number of hydrogen-bond acceptors (Lipinski definition) is 4. The lowest BCUT2D eigenvalue weighted by Crippen LogP contribution is -2.47. The number of esters is 1. The van der Waals surface area contributed by atoms with Gasteiger partial charge in [0, 0.05) is 10.5 Å². The topological polar surface area (TPSA) is 46.5 Å². The summed E-state index contributed by atoms with van der Waals surface area (Å²) in [5.74, 6) is 0.540. The lowest BCUT2D eigenvalue weighted by atomic mass is 9.80. The van der Waals surface area contributed by atoms with Gasteiger partial charge >= 0.3 is 5.97 Å². The van der Waals surface area contributed by atoms with Crippen LogP contribution >= 0.6 is 11.8 Å². The highest BCUT2D eigenvalue weighted by atomic mass is 32.2. The molecule has 0 bridgehead atoms. The van der Waals surface area contributed by atoms with Crippen LogP contribution < -0.4 is 4.74 Å². The number of hydrogen-bond donors (Lipinski definition) is 1. The first-order valence-electron chi connectivity index (χ1n) is 10.6. The molecule has 0 radical (unpaired) electrons. The van der Waals surface area contributed by atoms with E-state index in [1.54, 1.807) is 18.7 Å². The molecule has 3 rings (SSSR count). The number of aliphatic hydroxyl groups excluding tert-OH is 1. The Morgan fingerprint density at radius 3 is 2.28 bits per heavy atom. The smallest absolute Gasteiger partial charge is 0.316 e. The Labute approximate surface area is 178 Å². The molecule has 1 fully saturated rings. The van der Waals surface area contributed by atoms with Gasteiger partial charge in [-0.25, -0.2) is 0 Å². The molecule has 1 aliphatic carbocycles. The molecule has 0 heterocycles. The summed E-state index contributed by atoms with van der Waals surface area (Å²) in [6, 6.07) is 16.2. The fourth-order valence-electron chi connectivity index (χ4n) is 4.22. The van der Waals surface area contributed by atoms with Crippen molar-refractivity contribution in [2.24, 2.45) is 5.92 Å². The largest absolute Gasteiger partial charge is 0.426 e. The molecule has 0 unspecified atom stereocenters. The summed E-state index contributed by atoms with van der Waals surface area (Å²) in [5, 5.41) is 11.3. The summed E-state index contributed by atoms with van der Waals surface area (Å²) in [6.45, 7) is 5.68. The monoisotopic (exact) mass is 412 g/mol. The van der Waals surface area contributed by atoms with Crippen LogP contribution in [-0.2, 0) is 10.5 Å². The lowest BCUT2D eigenvalue weighted by molar-refractivity contribution is -0.143. The van der Waals surface area contributed by atoms with E-state index >= 15 is 0 Å². The van der Waals surface area contributed by atoms with Crippen molar-refractivity contribution in [3.05, 3.63) is 65.2 Å². The second-order valence-electron chi connectivity index (χ2n) is 8.28. The third-order valence-electron chi connectivity index (χ3n) is 6.06. The Hall–Kier alpha value is -1.78. The van der Waals surface area contributed by atoms with E-state index < -0.39 is 12.0 Å². The fourth-order valence-corrected chi connectivity index (χ4v) is 5.81. The predicted molar refractivity (Wildman–Crippen MR) is 120 cm³/mol. The molecule has 2 aromatic rings. The highest BCUT2D eigenvalue weighted by molar-refractivity contribution is 8.00. The molecule has 0 aromatic heterocycles. The van der Waals surface area contributed by atoms with Crippen LogP contribution in [0, 0.1) is 19.8 Å². The average Bonchev–Trinajstić information content (AvgIpc) is 2.75. The normalized spacial score (nSPS) is 18.1. The first-order valence-corrected chi connectivity index (χ1v) is 11.6. The molecular formula is C25H32O3S. The molecule has 1 N–H and O–H groups in total. The third-order valence-corrected chi connectivity index (χ3v) is 7.77. The van der Waals surface area contributed by atoms with Crippen LogP contribution in [0.1, 0.15) is 55.7 Å². The lowest BCUT2D eigenvalue weighted by Gasteiger charge is -2.42. The number of aliphatic hydroxyl groups is 1. The van der Waals surface area contributed by atoms with Crippen LogP contribution in [0.5, 0.6) is 5.75 Å². The number of carbonyl (C=O) groups is 1. The van der Waals surface area contributed by atoms with Crippen molar-refractivity contribution in [1.29, 1.82) is 0 Å². The zero-order chi connectivity index (χ0) is 20.9. The summed E-state index contributed by atoms with van der Waals surface area (Å²) < 4.78 is 5.45. The highest BCUT2D eigenvalue weighted by Gasteiger charge is 2.44. The van der Waals surface area contributed by atoms with E-state index in [1.807, 2.05) is 50.2 Å². The number of thioether (sulfide) groups is 1. The minimum atomic E-state index is -0.728. The van der Waals surface area contributed by atoms with Crippen molar-refractivity contribution >= 4 is 17.7 Å². The number of rotatable bonds is 7. The van der Waals surface area contributed by atoms with E-state index in [2.05, 4.69) is 12.1 Å². The summed E-state index contributed by atoms with van der Waals surface area (Å²) in [7, 11) is 0. The average molecular weight is 413 g/mol. The Bertz CT molecular complexity index is 792. The Kier molecular flexibility index (Phi) is 7.42. The van der Waals surface area contributed by atoms with Gasteiger partial charge in [-0.15, -0.1) is 11.8 Å². The Balaban J connectivity index is 1.74. The molecule has 0 spiro atoms. The minimum absolute atomic E-state index is 0.298. The van der Waals surface area contributed by atoms with Crippen LogP contribution in [0.4, 0.5) is 0 Å². The van der Waals surface area contributed by atoms with Crippen molar-refractivity contribution in [3.8, 4) is 5.75 Å². The van der Waals surface area contributed by atoms with Crippen LogP contribution in [0.25, 0.3) is 0 Å². The molecule has 2 aromatic carbocycles. The second kappa shape index (κ2) is 9.82. The van der Waals surface area contributed by atoms with Crippen LogP contribution in [-0.4, -0.2) is 21.9 Å². The van der Waals surface area contributed by atoms with Gasteiger partial charge in [-0.2, -0.15) is 0 Å². The van der Waals surface area contributed by atoms with Crippen molar-refractivity contribution in [2.75, 3.05) is 0 Å². The van der Waals surface area contributed by atoms with Crippen LogP contribution in [0.2, 0.25) is 0 Å². The van der Waals surface area contributed by atoms with Gasteiger partial charge in [0.25, 0.3) is 0 Å². The van der Waals surface area contributed by atoms with Gasteiger partial charge in [0.05, 0.1) is 12.0 Å². The van der Waals surface area contributed by atoms with Crippen LogP contribution in [0.3, 0.4) is 0 Å². The number of para-hydroxylation sites is 1. The van der Waals surface area contributed by atoms with Crippen molar-refractivity contribution in [3.63, 3.8) is 0 Å². The van der Waals surface area contributed by atoms with E-state index in [4.69, 9.17) is 4.74 Å². The predicted octanol–water partition coefficient (Wildman–Crippen LogP) is 5.84. The van der Waals surface area contributed by atoms with Gasteiger partial charge in [0.1, 0.15) is 5.75 Å². The third kappa shape index (κ3) is 5.23. The minimum Gasteiger partial charge on any atom is -0.426 e. The number of carbonyl (C=O) groups excluding carboxylic acids is 1. The summed E-state index contributed by atoms with van der Waals surface area (Å²) in [6.07, 6.45) is 4.53. The number of ether oxygens (including phenoxy) is 1. The van der Waals surface area contributed by atoms with Gasteiger partial charge in [-0.05, 0) is 50.3 Å². The number of benzene rings is 2. The molecule has 3 nitrogen and oxygen atoms in total. The van der Waals surface area contributed by atoms with Gasteiger partial charge in [-0.1, -0.05) is 67.8 Å². The molecule has 0 aliphatic heterocycles. The van der Waals surface area contributed by atoms with Gasteiger partial charge in [0.15, 0.2) is 0 Å². The van der Waals surface area contributed by atoms with E-state index in [0.29, 0.717) is 5.75 Å². The summed E-state index contributed by atoms with van der Waals surface area (Å²) in [4.78, 5) is 12.9. The maximum atomic E-state index is 12.9. The molecule has 4 heteroatoms. The molecule has 0 saturated heterocycles. The number of aryl methyl sites for hydroxylation is 2. The van der Waals surface area contributed by atoms with E-state index in [1.165, 1.54) is 12.0 Å². The Morgan fingerprint density at radius 1 is 1.03 bits per heavy atom. The molecule has 1 aliphatic rings. The molecule has 2 atom stereocenters. The maximum absolute atomic E-state index is 12.9. The van der Waals surface area contributed by atoms with Crippen molar-refractivity contribution < 1.29 is 14.6 Å². The Morgan fingerprint density at radius 2 is 1.66 bits per heavy atom. The molecular weight excluding hydrogens is 380 g/mol. The van der Waals surface area contributed by atoms with E-state index in [-0.39, 0.29) is 10.7 Å². The van der Waals surface area contributed by atoms with Gasteiger partial charge in [0.2, 0.25) is 0 Å². The molecule has 29 heavy (non-hydrogen) atoms. The standard InChI is InChI=1S/C25H32O3S/c1-18-11-10-12-19(2)22(18)28-24(27)20(3)23(26)25(15-8-5-9-16-25)29-17-21-13-6-4-7-14-21/h4,6-7,10-14,20,23,26H,5,8-9,15-17H2,1-3H3/t20-,23+/m1/s1. The second-order valence-corrected chi connectivity index (χ2v) is 9.67. The summed E-state index contributed by atoms with van der Waals surface area (Å²) >= 11 is 1.81. The van der Waals surface area contributed by atoms with E-state index in [9.17, 15) is 9.90 Å². The molecule has 156 valence electrons. The summed E-state index contributed by atoms with van der Waals surface area (Å²) in [5.41, 5.74) is 3.12. The van der Waals surface area contributed by atoms with Crippen molar-refractivity contribution in [1.82, 2.24) is 0 Å². The molecule has 0 amide bonds. The highest BCUT2D eigenvalue weighted by Crippen LogP contribution is 2.46. The van der Waals surface area contributed by atoms with E-state index in [0.717, 1.165) is 42.6 Å². The van der Waals surface area contributed by atoms with Gasteiger partial charge in [-0.3, -0.25) is 4.79 Å².